The van der Waals surface area contributed by atoms with Crippen molar-refractivity contribution >= 4 is 21.6 Å². The highest BCUT2D eigenvalue weighted by Crippen LogP contribution is 2.40. The minimum absolute atomic E-state index is 0.728. The van der Waals surface area contributed by atoms with Gasteiger partial charge in [0.05, 0.1) is 0 Å². The molecule has 2 fully saturated rings. The van der Waals surface area contributed by atoms with E-state index in [1.54, 1.807) is 0 Å². The number of rotatable bonds is 3. The Balaban J connectivity index is 1.85. The molecule has 2 unspecified atom stereocenters. The summed E-state index contributed by atoms with van der Waals surface area (Å²) in [6.07, 6.45) is 5.33. The molecule has 20 heavy (non-hydrogen) atoms. The number of halogens is 1. The lowest BCUT2D eigenvalue weighted by molar-refractivity contribution is 0.361. The van der Waals surface area contributed by atoms with Gasteiger partial charge in [0.1, 0.15) is 0 Å². The zero-order valence-corrected chi connectivity index (χ0v) is 14.3. The van der Waals surface area contributed by atoms with Gasteiger partial charge >= 0.3 is 0 Å². The van der Waals surface area contributed by atoms with Crippen molar-refractivity contribution in [1.82, 2.24) is 5.32 Å². The second-order valence-corrected chi connectivity index (χ2v) is 7.20. The van der Waals surface area contributed by atoms with Gasteiger partial charge in [0.2, 0.25) is 0 Å². The minimum Gasteiger partial charge on any atom is -0.365 e. The molecule has 2 bridgehead atoms. The third-order valence-corrected chi connectivity index (χ3v) is 6.20. The van der Waals surface area contributed by atoms with Gasteiger partial charge in [-0.3, -0.25) is 0 Å². The van der Waals surface area contributed by atoms with Crippen LogP contribution in [0.25, 0.3) is 0 Å². The SMILES string of the molecule is CCNC1CC2CCC(C1)N2c1cc(C)c(Br)c(C)c1. The van der Waals surface area contributed by atoms with Crippen molar-refractivity contribution in [2.24, 2.45) is 0 Å². The van der Waals surface area contributed by atoms with Crippen molar-refractivity contribution in [3.8, 4) is 0 Å². The predicted octanol–water partition coefficient (Wildman–Crippen LogP) is 4.18. The Labute approximate surface area is 131 Å². The van der Waals surface area contributed by atoms with Crippen molar-refractivity contribution in [2.45, 2.75) is 64.6 Å². The summed E-state index contributed by atoms with van der Waals surface area (Å²) in [5.41, 5.74) is 4.15. The molecule has 0 amide bonds. The first-order valence-corrected chi connectivity index (χ1v) is 8.68. The molecule has 1 aromatic rings. The quantitative estimate of drug-likeness (QED) is 0.890. The fourth-order valence-electron chi connectivity index (χ4n) is 4.13. The van der Waals surface area contributed by atoms with Gasteiger partial charge in [0.15, 0.2) is 0 Å². The third kappa shape index (κ3) is 2.50. The molecule has 3 rings (SSSR count). The van der Waals surface area contributed by atoms with Crippen molar-refractivity contribution in [3.05, 3.63) is 27.7 Å². The maximum Gasteiger partial charge on any atom is 0.0377 e. The molecule has 0 aliphatic carbocycles. The molecule has 0 saturated carbocycles. The van der Waals surface area contributed by atoms with Gasteiger partial charge in [-0.25, -0.2) is 0 Å². The number of benzene rings is 1. The monoisotopic (exact) mass is 336 g/mol. The average molecular weight is 337 g/mol. The van der Waals surface area contributed by atoms with E-state index in [0.29, 0.717) is 0 Å². The summed E-state index contributed by atoms with van der Waals surface area (Å²) in [6.45, 7) is 7.72. The third-order valence-electron chi connectivity index (χ3n) is 4.95. The number of piperidine rings is 1. The number of hydrogen-bond acceptors (Lipinski definition) is 2. The molecule has 110 valence electrons. The molecule has 0 aromatic heterocycles. The van der Waals surface area contributed by atoms with Crippen LogP contribution in [0.4, 0.5) is 5.69 Å². The molecule has 2 aliphatic heterocycles. The maximum absolute atomic E-state index is 3.68. The number of hydrogen-bond donors (Lipinski definition) is 1. The van der Waals surface area contributed by atoms with Gasteiger partial charge in [-0.15, -0.1) is 0 Å². The van der Waals surface area contributed by atoms with Gasteiger partial charge in [-0.05, 0) is 69.3 Å². The van der Waals surface area contributed by atoms with E-state index in [4.69, 9.17) is 0 Å². The van der Waals surface area contributed by atoms with E-state index in [1.165, 1.54) is 47.0 Å². The lowest BCUT2D eigenvalue weighted by Gasteiger charge is -2.41. The Morgan fingerprint density at radius 1 is 1.15 bits per heavy atom. The molecule has 2 saturated heterocycles. The number of nitrogens with one attached hydrogen (secondary N) is 1. The van der Waals surface area contributed by atoms with E-state index in [-0.39, 0.29) is 0 Å². The number of nitrogens with zero attached hydrogens (tertiary/aromatic N) is 1. The van der Waals surface area contributed by atoms with Crippen LogP contribution in [-0.4, -0.2) is 24.7 Å². The van der Waals surface area contributed by atoms with Crippen LogP contribution >= 0.6 is 15.9 Å². The summed E-state index contributed by atoms with van der Waals surface area (Å²) in [5.74, 6) is 0. The highest BCUT2D eigenvalue weighted by Gasteiger charge is 2.40. The molecule has 3 heteroatoms. The van der Waals surface area contributed by atoms with Crippen LogP contribution in [0.1, 0.15) is 43.7 Å². The van der Waals surface area contributed by atoms with Crippen LogP contribution in [0.15, 0.2) is 16.6 Å². The van der Waals surface area contributed by atoms with Gasteiger partial charge in [0, 0.05) is 28.3 Å². The van der Waals surface area contributed by atoms with Crippen LogP contribution < -0.4 is 10.2 Å². The largest absolute Gasteiger partial charge is 0.365 e. The number of fused-ring (bicyclic) bond motifs is 2. The minimum atomic E-state index is 0.728. The molecule has 0 radical (unpaired) electrons. The lowest BCUT2D eigenvalue weighted by atomic mass is 9.96. The first-order valence-electron chi connectivity index (χ1n) is 7.88. The number of anilines is 1. The van der Waals surface area contributed by atoms with Crippen LogP contribution in [0.2, 0.25) is 0 Å². The number of aryl methyl sites for hydroxylation is 2. The van der Waals surface area contributed by atoms with Gasteiger partial charge in [-0.2, -0.15) is 0 Å². The summed E-state index contributed by atoms with van der Waals surface area (Å²) in [4.78, 5) is 2.71. The molecule has 2 aliphatic rings. The Morgan fingerprint density at radius 3 is 2.20 bits per heavy atom. The van der Waals surface area contributed by atoms with E-state index in [1.807, 2.05) is 0 Å². The molecular weight excluding hydrogens is 312 g/mol. The standard InChI is InChI=1S/C17H25BrN2/c1-4-19-13-9-14-5-6-15(10-13)20(14)16-7-11(2)17(18)12(3)8-16/h7-8,13-15,19H,4-6,9-10H2,1-3H3. The zero-order valence-electron chi connectivity index (χ0n) is 12.7. The molecule has 2 atom stereocenters. The summed E-state index contributed by atoms with van der Waals surface area (Å²) in [6, 6.07) is 6.91. The highest BCUT2D eigenvalue weighted by atomic mass is 79.9. The Morgan fingerprint density at radius 2 is 1.70 bits per heavy atom. The van der Waals surface area contributed by atoms with Crippen molar-refractivity contribution in [2.75, 3.05) is 11.4 Å². The summed E-state index contributed by atoms with van der Waals surface area (Å²) in [7, 11) is 0. The van der Waals surface area contributed by atoms with Crippen molar-refractivity contribution in [3.63, 3.8) is 0 Å². The Bertz CT molecular complexity index is 463. The van der Waals surface area contributed by atoms with Crippen LogP contribution in [0.3, 0.4) is 0 Å². The molecule has 0 spiro atoms. The molecule has 2 nitrogen and oxygen atoms in total. The van der Waals surface area contributed by atoms with E-state index in [0.717, 1.165) is 24.7 Å². The maximum atomic E-state index is 3.68. The molecular formula is C17H25BrN2. The second kappa shape index (κ2) is 5.69. The first kappa shape index (κ1) is 14.4. The highest BCUT2D eigenvalue weighted by molar-refractivity contribution is 9.10. The fraction of sp³-hybridized carbons (Fsp3) is 0.647. The van der Waals surface area contributed by atoms with Crippen LogP contribution in [-0.2, 0) is 0 Å². The van der Waals surface area contributed by atoms with E-state index < -0.39 is 0 Å². The predicted molar refractivity (Wildman–Crippen MR) is 89.6 cm³/mol. The average Bonchev–Trinajstić information content (AvgIpc) is 2.67. The molecule has 2 heterocycles. The molecule has 1 aromatic carbocycles. The molecule has 1 N–H and O–H groups in total. The summed E-state index contributed by atoms with van der Waals surface area (Å²) in [5, 5.41) is 3.66. The van der Waals surface area contributed by atoms with E-state index in [2.05, 4.69) is 59.1 Å². The van der Waals surface area contributed by atoms with Crippen LogP contribution in [0.5, 0.6) is 0 Å². The van der Waals surface area contributed by atoms with Gasteiger partial charge in [0.25, 0.3) is 0 Å². The zero-order chi connectivity index (χ0) is 14.3. The van der Waals surface area contributed by atoms with Crippen LogP contribution in [0, 0.1) is 13.8 Å². The normalized spacial score (nSPS) is 29.0. The topological polar surface area (TPSA) is 15.3 Å². The fourth-order valence-corrected chi connectivity index (χ4v) is 4.36. The van der Waals surface area contributed by atoms with Gasteiger partial charge < -0.3 is 10.2 Å². The van der Waals surface area contributed by atoms with E-state index >= 15 is 0 Å². The first-order chi connectivity index (χ1) is 9.60. The van der Waals surface area contributed by atoms with Gasteiger partial charge in [-0.1, -0.05) is 22.9 Å². The van der Waals surface area contributed by atoms with E-state index in [9.17, 15) is 0 Å². The smallest absolute Gasteiger partial charge is 0.0377 e. The Kier molecular flexibility index (Phi) is 4.09. The van der Waals surface area contributed by atoms with Crippen molar-refractivity contribution < 1.29 is 0 Å². The van der Waals surface area contributed by atoms with Crippen molar-refractivity contribution in [1.29, 1.82) is 0 Å². The Hall–Kier alpha value is -0.540. The summed E-state index contributed by atoms with van der Waals surface area (Å²) >= 11 is 3.68. The lowest BCUT2D eigenvalue weighted by Crippen LogP contribution is -2.49. The second-order valence-electron chi connectivity index (χ2n) is 6.41. The summed E-state index contributed by atoms with van der Waals surface area (Å²) < 4.78 is 1.26.